The molecule has 2 fully saturated rings. The molecule has 1 amide bonds. The predicted octanol–water partition coefficient (Wildman–Crippen LogP) is 6.96. The molecule has 3 heterocycles. The van der Waals surface area contributed by atoms with Crippen molar-refractivity contribution in [2.75, 3.05) is 42.6 Å². The van der Waals surface area contributed by atoms with E-state index >= 15 is 4.39 Å². The Morgan fingerprint density at radius 3 is 2.52 bits per heavy atom. The molecule has 12 heteroatoms. The summed E-state index contributed by atoms with van der Waals surface area (Å²) < 4.78 is 35.2. The van der Waals surface area contributed by atoms with Crippen LogP contribution in [0.2, 0.25) is 0 Å². The first-order valence-corrected chi connectivity index (χ1v) is 16.2. The maximum Gasteiger partial charge on any atom is 0.410 e. The van der Waals surface area contributed by atoms with Crippen LogP contribution in [0.25, 0.3) is 22.2 Å². The molecule has 240 valence electrons. The molecule has 1 atom stereocenters. The van der Waals surface area contributed by atoms with E-state index in [9.17, 15) is 19.6 Å². The highest BCUT2D eigenvalue weighted by molar-refractivity contribution is 7.16. The summed E-state index contributed by atoms with van der Waals surface area (Å²) in [6.07, 6.45) is 1.48. The number of halogens is 2. The molecular formula is C34H36F2N6O3S. The summed E-state index contributed by atoms with van der Waals surface area (Å²) in [6.45, 7) is 8.58. The molecule has 1 aliphatic carbocycles. The lowest BCUT2D eigenvalue weighted by Crippen LogP contribution is -2.57. The van der Waals surface area contributed by atoms with Gasteiger partial charge in [-0.15, -0.1) is 0 Å². The maximum absolute atomic E-state index is 16.0. The van der Waals surface area contributed by atoms with E-state index < -0.39 is 23.6 Å². The molecule has 0 bridgehead atoms. The van der Waals surface area contributed by atoms with E-state index in [0.717, 1.165) is 24.2 Å². The average Bonchev–Trinajstić information content (AvgIpc) is 3.80. The minimum atomic E-state index is -0.672. The highest BCUT2D eigenvalue weighted by atomic mass is 32.1. The lowest BCUT2D eigenvalue weighted by Gasteiger charge is -2.42. The van der Waals surface area contributed by atoms with Gasteiger partial charge in [-0.2, -0.15) is 5.26 Å². The fourth-order valence-electron chi connectivity index (χ4n) is 5.79. The summed E-state index contributed by atoms with van der Waals surface area (Å²) in [6, 6.07) is 12.9. The van der Waals surface area contributed by atoms with Crippen molar-refractivity contribution in [3.8, 4) is 17.3 Å². The standard InChI is InChI=1S/C34H36F2N6O3S/c1-5-41(32-39-30(29(17-37)46-32)21-8-10-22(35)11-9-21)28-16-27(20-6-7-20)38-31-25(28)14-23(15-26(31)36)40-12-13-42(24(18-40)19-43)33(44)45-34(2,3)4/h8-11,14-16,20,24,43H,5-7,12-13,18-19H2,1-4H3. The Labute approximate surface area is 270 Å². The van der Waals surface area contributed by atoms with Gasteiger partial charge in [-0.05, 0) is 83.0 Å². The number of carbonyl (C=O) groups excluding carboxylic acids is 1. The van der Waals surface area contributed by atoms with E-state index in [1.807, 2.05) is 28.9 Å². The lowest BCUT2D eigenvalue weighted by molar-refractivity contribution is 0.00704. The Morgan fingerprint density at radius 1 is 1.15 bits per heavy atom. The molecule has 1 aliphatic heterocycles. The molecule has 1 saturated carbocycles. The number of nitriles is 1. The van der Waals surface area contributed by atoms with Crippen LogP contribution in [-0.2, 0) is 4.74 Å². The molecule has 9 nitrogen and oxygen atoms in total. The second-order valence-electron chi connectivity index (χ2n) is 12.7. The topological polar surface area (TPSA) is 106 Å². The summed E-state index contributed by atoms with van der Waals surface area (Å²) in [7, 11) is 0. The normalized spacial score (nSPS) is 16.9. The number of carbonyl (C=O) groups is 1. The second kappa shape index (κ2) is 12.5. The molecule has 2 aliphatic rings. The number of hydrogen-bond donors (Lipinski definition) is 1. The number of ether oxygens (including phenoxy) is 1. The summed E-state index contributed by atoms with van der Waals surface area (Å²) >= 11 is 1.23. The number of fused-ring (bicyclic) bond motifs is 1. The number of anilines is 3. The molecule has 2 aromatic heterocycles. The smallest absolute Gasteiger partial charge is 0.410 e. The van der Waals surface area contributed by atoms with Crippen LogP contribution in [0, 0.1) is 23.0 Å². The number of thiazole rings is 1. The van der Waals surface area contributed by atoms with Gasteiger partial charge in [-0.25, -0.2) is 23.5 Å². The highest BCUT2D eigenvalue weighted by Crippen LogP contribution is 2.45. The monoisotopic (exact) mass is 646 g/mol. The summed E-state index contributed by atoms with van der Waals surface area (Å²) in [4.78, 5) is 28.3. The van der Waals surface area contributed by atoms with E-state index in [1.54, 1.807) is 32.9 Å². The first kappa shape index (κ1) is 31.6. The lowest BCUT2D eigenvalue weighted by atomic mass is 10.1. The fraction of sp³-hybridized carbons (Fsp3) is 0.412. The van der Waals surface area contributed by atoms with Crippen molar-refractivity contribution in [3.63, 3.8) is 0 Å². The molecule has 4 aromatic rings. The average molecular weight is 647 g/mol. The van der Waals surface area contributed by atoms with Crippen molar-refractivity contribution in [2.45, 2.75) is 58.1 Å². The number of rotatable bonds is 7. The van der Waals surface area contributed by atoms with Crippen LogP contribution in [-0.4, -0.2) is 70.5 Å². The van der Waals surface area contributed by atoms with Crippen LogP contribution >= 0.6 is 11.3 Å². The number of aliphatic hydroxyl groups is 1. The number of nitrogens with zero attached hydrogens (tertiary/aromatic N) is 6. The Kier molecular flexibility index (Phi) is 8.56. The predicted molar refractivity (Wildman–Crippen MR) is 175 cm³/mol. The van der Waals surface area contributed by atoms with Crippen molar-refractivity contribution >= 4 is 44.8 Å². The minimum Gasteiger partial charge on any atom is -0.444 e. The Balaban J connectivity index is 1.40. The molecule has 0 radical (unpaired) electrons. The van der Waals surface area contributed by atoms with E-state index in [2.05, 4.69) is 6.07 Å². The molecule has 46 heavy (non-hydrogen) atoms. The number of piperazine rings is 1. The highest BCUT2D eigenvalue weighted by Gasteiger charge is 2.34. The second-order valence-corrected chi connectivity index (χ2v) is 13.6. The largest absolute Gasteiger partial charge is 0.444 e. The van der Waals surface area contributed by atoms with Gasteiger partial charge in [0.2, 0.25) is 0 Å². The number of benzene rings is 2. The van der Waals surface area contributed by atoms with Gasteiger partial charge >= 0.3 is 6.09 Å². The van der Waals surface area contributed by atoms with Crippen LogP contribution in [0.15, 0.2) is 42.5 Å². The van der Waals surface area contributed by atoms with Crippen LogP contribution in [0.5, 0.6) is 0 Å². The van der Waals surface area contributed by atoms with Crippen molar-refractivity contribution in [3.05, 3.63) is 64.7 Å². The molecule has 0 spiro atoms. The first-order chi connectivity index (χ1) is 22.0. The van der Waals surface area contributed by atoms with Gasteiger partial charge in [0.1, 0.15) is 33.6 Å². The SMILES string of the molecule is CCN(c1nc(-c2ccc(F)cc2)c(C#N)s1)c1cc(C2CC2)nc2c(F)cc(N3CCN(C(=O)OC(C)(C)C)C(CO)C3)cc12. The first-order valence-electron chi connectivity index (χ1n) is 15.4. The number of pyridine rings is 1. The Morgan fingerprint density at radius 2 is 1.89 bits per heavy atom. The van der Waals surface area contributed by atoms with E-state index in [-0.39, 0.29) is 23.9 Å². The van der Waals surface area contributed by atoms with Crippen LogP contribution in [0.1, 0.15) is 57.0 Å². The van der Waals surface area contributed by atoms with Gasteiger partial charge in [0.05, 0.1) is 18.3 Å². The van der Waals surface area contributed by atoms with Crippen molar-refractivity contribution in [1.29, 1.82) is 5.26 Å². The Bertz CT molecular complexity index is 1810. The van der Waals surface area contributed by atoms with Crippen LogP contribution < -0.4 is 9.80 Å². The van der Waals surface area contributed by atoms with Gasteiger partial charge in [0.25, 0.3) is 0 Å². The molecule has 1 unspecified atom stereocenters. The minimum absolute atomic E-state index is 0.253. The van der Waals surface area contributed by atoms with Gasteiger partial charge in [0.15, 0.2) is 10.9 Å². The van der Waals surface area contributed by atoms with Crippen molar-refractivity contribution in [1.82, 2.24) is 14.9 Å². The quantitative estimate of drug-likeness (QED) is 0.230. The summed E-state index contributed by atoms with van der Waals surface area (Å²) in [5.41, 5.74) is 2.82. The zero-order chi connectivity index (χ0) is 32.7. The fourth-order valence-corrected chi connectivity index (χ4v) is 6.75. The van der Waals surface area contributed by atoms with Crippen LogP contribution in [0.3, 0.4) is 0 Å². The molecule has 1 saturated heterocycles. The molecule has 1 N–H and O–H groups in total. The van der Waals surface area contributed by atoms with Crippen molar-refractivity contribution < 1.29 is 23.4 Å². The number of aromatic nitrogens is 2. The van der Waals surface area contributed by atoms with E-state index in [0.29, 0.717) is 58.5 Å². The number of hydrogen-bond acceptors (Lipinski definition) is 9. The number of amides is 1. The molecular weight excluding hydrogens is 610 g/mol. The zero-order valence-corrected chi connectivity index (χ0v) is 27.1. The van der Waals surface area contributed by atoms with Gasteiger partial charge < -0.3 is 19.6 Å². The van der Waals surface area contributed by atoms with E-state index in [1.165, 1.54) is 34.4 Å². The van der Waals surface area contributed by atoms with Crippen LogP contribution in [0.4, 0.5) is 30.1 Å². The number of aliphatic hydroxyl groups excluding tert-OH is 1. The maximum atomic E-state index is 16.0. The molecule has 2 aromatic carbocycles. The Hall–Kier alpha value is -4.34. The molecule has 6 rings (SSSR count). The van der Waals surface area contributed by atoms with Gasteiger partial charge in [-0.3, -0.25) is 4.90 Å². The third kappa shape index (κ3) is 6.34. The van der Waals surface area contributed by atoms with Gasteiger partial charge in [0, 0.05) is 54.4 Å². The zero-order valence-electron chi connectivity index (χ0n) is 26.3. The van der Waals surface area contributed by atoms with E-state index in [4.69, 9.17) is 14.7 Å². The summed E-state index contributed by atoms with van der Waals surface area (Å²) in [5, 5.41) is 21.3. The third-order valence-electron chi connectivity index (χ3n) is 8.20. The van der Waals surface area contributed by atoms with Crippen molar-refractivity contribution in [2.24, 2.45) is 0 Å². The summed E-state index contributed by atoms with van der Waals surface area (Å²) in [5.74, 6) is -0.586. The third-order valence-corrected chi connectivity index (χ3v) is 9.19. The van der Waals surface area contributed by atoms with Gasteiger partial charge in [-0.1, -0.05) is 11.3 Å².